The van der Waals surface area contributed by atoms with Gasteiger partial charge in [-0.25, -0.2) is 9.97 Å². The van der Waals surface area contributed by atoms with Crippen LogP contribution in [0.5, 0.6) is 0 Å². The van der Waals surface area contributed by atoms with Crippen LogP contribution in [0.15, 0.2) is 65.1 Å². The Morgan fingerprint density at radius 3 is 2.30 bits per heavy atom. The number of hydrogen-bond donors (Lipinski definition) is 0. The van der Waals surface area contributed by atoms with Crippen LogP contribution in [-0.4, -0.2) is 28.0 Å². The lowest BCUT2D eigenvalue weighted by atomic mass is 10.0. The van der Waals surface area contributed by atoms with Crippen molar-refractivity contribution in [2.24, 2.45) is 0 Å². The highest BCUT2D eigenvalue weighted by Gasteiger charge is 2.20. The highest BCUT2D eigenvalue weighted by atomic mass is 16.6. The van der Waals surface area contributed by atoms with E-state index in [1.165, 1.54) is 12.1 Å². The molecule has 0 saturated carbocycles. The summed E-state index contributed by atoms with van der Waals surface area (Å²) in [6, 6.07) is 19.2. The fourth-order valence-electron chi connectivity index (χ4n) is 5.19. The van der Waals surface area contributed by atoms with Gasteiger partial charge in [-0.15, -0.1) is 0 Å². The lowest BCUT2D eigenvalue weighted by molar-refractivity contribution is -0.384. The Hall–Kier alpha value is -4.26. The van der Waals surface area contributed by atoms with Crippen LogP contribution < -0.4 is 4.90 Å². The molecule has 6 rings (SSSR count). The van der Waals surface area contributed by atoms with Gasteiger partial charge in [0.15, 0.2) is 5.58 Å². The largest absolute Gasteiger partial charge is 0.454 e. The first-order valence-electron chi connectivity index (χ1n) is 13.0. The third-order valence-electron chi connectivity index (χ3n) is 7.13. The van der Waals surface area contributed by atoms with Crippen molar-refractivity contribution in [3.8, 4) is 0 Å². The lowest BCUT2D eigenvalue weighted by Crippen LogP contribution is -2.25. The van der Waals surface area contributed by atoms with E-state index in [0.717, 1.165) is 77.1 Å². The number of nitro benzene ring substituents is 1. The zero-order chi connectivity index (χ0) is 25.5. The van der Waals surface area contributed by atoms with Gasteiger partial charge in [0.25, 0.3) is 5.69 Å². The molecule has 0 amide bonds. The van der Waals surface area contributed by atoms with E-state index in [-0.39, 0.29) is 5.69 Å². The Bertz CT molecular complexity index is 1800. The van der Waals surface area contributed by atoms with Gasteiger partial charge in [-0.05, 0) is 36.4 Å². The van der Waals surface area contributed by atoms with E-state index in [4.69, 9.17) is 14.4 Å². The van der Waals surface area contributed by atoms with Gasteiger partial charge in [-0.2, -0.15) is 0 Å². The third-order valence-corrected chi connectivity index (χ3v) is 7.13. The monoisotopic (exact) mass is 492 g/mol. The molecule has 0 aliphatic carbocycles. The van der Waals surface area contributed by atoms with Gasteiger partial charge in [0.05, 0.1) is 16.0 Å². The highest BCUT2D eigenvalue weighted by molar-refractivity contribution is 6.29. The molecule has 0 atom stereocenters. The fraction of sp³-hybridized carbons (Fsp3) is 0.267. The van der Waals surface area contributed by atoms with Gasteiger partial charge in [-0.1, -0.05) is 51.0 Å². The van der Waals surface area contributed by atoms with Crippen molar-refractivity contribution in [3.05, 3.63) is 70.8 Å². The second-order valence-electron chi connectivity index (χ2n) is 9.58. The van der Waals surface area contributed by atoms with E-state index in [2.05, 4.69) is 43.0 Å². The molecule has 186 valence electrons. The maximum atomic E-state index is 11.4. The number of anilines is 1. The van der Waals surface area contributed by atoms with Gasteiger partial charge in [-0.3, -0.25) is 10.1 Å². The van der Waals surface area contributed by atoms with Gasteiger partial charge in [0.2, 0.25) is 0 Å². The Balaban J connectivity index is 1.64. The molecule has 0 aliphatic rings. The Labute approximate surface area is 213 Å². The normalized spacial score (nSPS) is 11.8. The van der Waals surface area contributed by atoms with Crippen molar-refractivity contribution in [1.82, 2.24) is 9.97 Å². The minimum Gasteiger partial charge on any atom is -0.454 e. The highest BCUT2D eigenvalue weighted by Crippen LogP contribution is 2.41. The van der Waals surface area contributed by atoms with Crippen LogP contribution in [0.2, 0.25) is 0 Å². The molecule has 0 saturated heterocycles. The van der Waals surface area contributed by atoms with E-state index in [1.807, 2.05) is 18.2 Å². The molecule has 0 spiro atoms. The zero-order valence-corrected chi connectivity index (χ0v) is 21.0. The first kappa shape index (κ1) is 23.2. The zero-order valence-electron chi connectivity index (χ0n) is 21.0. The Morgan fingerprint density at radius 2 is 1.57 bits per heavy atom. The predicted molar refractivity (Wildman–Crippen MR) is 151 cm³/mol. The molecule has 0 fully saturated rings. The van der Waals surface area contributed by atoms with Crippen LogP contribution in [0.3, 0.4) is 0 Å². The number of rotatable bonds is 8. The molecule has 0 unspecified atom stereocenters. The molecule has 0 radical (unpaired) electrons. The van der Waals surface area contributed by atoms with E-state index in [9.17, 15) is 10.1 Å². The molecule has 0 N–H and O–H groups in total. The molecule has 2 heterocycles. The number of benzene rings is 4. The average molecular weight is 493 g/mol. The summed E-state index contributed by atoms with van der Waals surface area (Å²) in [7, 11) is 0. The summed E-state index contributed by atoms with van der Waals surface area (Å²) in [4.78, 5) is 23.2. The van der Waals surface area contributed by atoms with E-state index < -0.39 is 4.92 Å². The third kappa shape index (κ3) is 3.91. The molecule has 0 aliphatic heterocycles. The number of aromatic nitrogens is 2. The summed E-state index contributed by atoms with van der Waals surface area (Å²) in [5, 5.41) is 15.4. The summed E-state index contributed by atoms with van der Waals surface area (Å²) >= 11 is 0. The van der Waals surface area contributed by atoms with E-state index >= 15 is 0 Å². The maximum absolute atomic E-state index is 11.4. The predicted octanol–water partition coefficient (Wildman–Crippen LogP) is 8.15. The molecule has 2 aromatic heterocycles. The van der Waals surface area contributed by atoms with Crippen molar-refractivity contribution in [1.29, 1.82) is 0 Å². The molecule has 37 heavy (non-hydrogen) atoms. The number of non-ortho nitro benzene ring substituents is 1. The van der Waals surface area contributed by atoms with Gasteiger partial charge in [0.1, 0.15) is 16.6 Å². The number of hydrogen-bond acceptors (Lipinski definition) is 6. The fourth-order valence-corrected chi connectivity index (χ4v) is 5.19. The average Bonchev–Trinajstić information content (AvgIpc) is 3.31. The van der Waals surface area contributed by atoms with Crippen LogP contribution in [-0.2, 0) is 0 Å². The Morgan fingerprint density at radius 1 is 0.838 bits per heavy atom. The van der Waals surface area contributed by atoms with Gasteiger partial charge in [0, 0.05) is 53.1 Å². The number of fused-ring (bicyclic) bond motifs is 9. The second kappa shape index (κ2) is 9.32. The van der Waals surface area contributed by atoms with Crippen LogP contribution in [0.25, 0.3) is 54.8 Å². The van der Waals surface area contributed by atoms with Crippen LogP contribution in [0.4, 0.5) is 11.4 Å². The van der Waals surface area contributed by atoms with Gasteiger partial charge >= 0.3 is 0 Å². The van der Waals surface area contributed by atoms with E-state index in [1.54, 1.807) is 6.07 Å². The number of unbranched alkanes of at least 4 members (excludes halogenated alkanes) is 2. The van der Waals surface area contributed by atoms with Crippen LogP contribution in [0, 0.1) is 10.1 Å². The number of nitro groups is 1. The SMILES string of the molecule is CCCCN(CCCC)c1ccc2c(c1)oc1c3nc4cc([N+](=O)[O-])ccc4nc3c3ccccc3c21. The Kier molecular flexibility index (Phi) is 5.83. The molecule has 7 nitrogen and oxygen atoms in total. The number of nitrogens with zero attached hydrogens (tertiary/aromatic N) is 4. The van der Waals surface area contributed by atoms with Crippen molar-refractivity contribution in [3.63, 3.8) is 0 Å². The summed E-state index contributed by atoms with van der Waals surface area (Å²) < 4.78 is 6.54. The lowest BCUT2D eigenvalue weighted by Gasteiger charge is -2.24. The van der Waals surface area contributed by atoms with Gasteiger partial charge < -0.3 is 9.32 Å². The first-order valence-corrected chi connectivity index (χ1v) is 13.0. The summed E-state index contributed by atoms with van der Waals surface area (Å²) in [5.74, 6) is 0. The standard InChI is InChI=1S/C30H28N4O3/c1-3-5-15-33(16-6-4-2)19-11-13-23-26(18-19)37-30-27(23)21-9-7-8-10-22(21)28-29(30)32-25-17-20(34(35)36)12-14-24(25)31-28/h7-14,17-18H,3-6,15-16H2,1-2H3. The first-order chi connectivity index (χ1) is 18.1. The molecule has 0 bridgehead atoms. The quantitative estimate of drug-likeness (QED) is 0.0922. The molecule has 4 aromatic carbocycles. The molecular formula is C30H28N4O3. The van der Waals surface area contributed by atoms with Crippen molar-refractivity contribution >= 4 is 66.2 Å². The van der Waals surface area contributed by atoms with Crippen LogP contribution in [0.1, 0.15) is 39.5 Å². The minimum atomic E-state index is -0.410. The molecule has 7 heteroatoms. The van der Waals surface area contributed by atoms with Crippen molar-refractivity contribution < 1.29 is 9.34 Å². The van der Waals surface area contributed by atoms with Crippen LogP contribution >= 0.6 is 0 Å². The number of furan rings is 1. The molecular weight excluding hydrogens is 464 g/mol. The molecule has 6 aromatic rings. The smallest absolute Gasteiger partial charge is 0.271 e. The summed E-state index contributed by atoms with van der Waals surface area (Å²) in [6.45, 7) is 6.47. The van der Waals surface area contributed by atoms with Crippen molar-refractivity contribution in [2.75, 3.05) is 18.0 Å². The minimum absolute atomic E-state index is 0.00770. The summed E-state index contributed by atoms with van der Waals surface area (Å²) in [5.41, 5.74) is 5.07. The topological polar surface area (TPSA) is 85.3 Å². The van der Waals surface area contributed by atoms with Crippen molar-refractivity contribution in [2.45, 2.75) is 39.5 Å². The second-order valence-corrected chi connectivity index (χ2v) is 9.58. The maximum Gasteiger partial charge on any atom is 0.271 e. The summed E-state index contributed by atoms with van der Waals surface area (Å²) in [6.07, 6.45) is 4.59. The van der Waals surface area contributed by atoms with E-state index in [0.29, 0.717) is 22.1 Å².